The van der Waals surface area contributed by atoms with E-state index in [4.69, 9.17) is 5.73 Å². The van der Waals surface area contributed by atoms with Crippen LogP contribution in [0.4, 0.5) is 0 Å². The van der Waals surface area contributed by atoms with Crippen LogP contribution in [0.2, 0.25) is 0 Å². The van der Waals surface area contributed by atoms with E-state index in [1.807, 2.05) is 13.8 Å². The summed E-state index contributed by atoms with van der Waals surface area (Å²) in [5.74, 6) is 0.128. The number of nitrogens with two attached hydrogens (primary N) is 1. The van der Waals surface area contributed by atoms with E-state index in [-0.39, 0.29) is 17.9 Å². The Morgan fingerprint density at radius 3 is 2.15 bits per heavy atom. The van der Waals surface area contributed by atoms with Crippen LogP contribution in [0.5, 0.6) is 0 Å². The molecule has 4 heteroatoms. The zero-order valence-electron chi connectivity index (χ0n) is 8.12. The Balaban J connectivity index is 2.52. The number of imide groups is 1. The van der Waals surface area contributed by atoms with Crippen molar-refractivity contribution in [2.75, 3.05) is 6.54 Å². The second kappa shape index (κ2) is 3.87. The van der Waals surface area contributed by atoms with E-state index in [2.05, 4.69) is 0 Å². The molecule has 1 aliphatic rings. The second-order valence-corrected chi connectivity index (χ2v) is 3.81. The van der Waals surface area contributed by atoms with Gasteiger partial charge in [0, 0.05) is 25.4 Å². The third-order valence-corrected chi connectivity index (χ3v) is 2.40. The molecule has 1 aliphatic heterocycles. The van der Waals surface area contributed by atoms with Crippen LogP contribution in [0.15, 0.2) is 0 Å². The summed E-state index contributed by atoms with van der Waals surface area (Å²) >= 11 is 0. The fraction of sp³-hybridized carbons (Fsp3) is 0.778. The normalized spacial score (nSPS) is 20.2. The van der Waals surface area contributed by atoms with Crippen LogP contribution in [0.1, 0.15) is 26.7 Å². The topological polar surface area (TPSA) is 63.4 Å². The van der Waals surface area contributed by atoms with Gasteiger partial charge in [0.25, 0.3) is 0 Å². The average Bonchev–Trinajstić information content (AvgIpc) is 2.35. The van der Waals surface area contributed by atoms with Gasteiger partial charge >= 0.3 is 0 Å². The van der Waals surface area contributed by atoms with Crippen molar-refractivity contribution in [3.8, 4) is 0 Å². The van der Waals surface area contributed by atoms with Crippen molar-refractivity contribution in [2.24, 2.45) is 11.7 Å². The largest absolute Gasteiger partial charge is 0.326 e. The molecular formula is C9H16N2O2. The molecule has 0 aliphatic carbocycles. The van der Waals surface area contributed by atoms with Gasteiger partial charge in [-0.25, -0.2) is 0 Å². The van der Waals surface area contributed by atoms with Crippen molar-refractivity contribution in [1.82, 2.24) is 4.90 Å². The maximum Gasteiger partial charge on any atom is 0.229 e. The van der Waals surface area contributed by atoms with Crippen LogP contribution in [0, 0.1) is 5.92 Å². The van der Waals surface area contributed by atoms with Crippen LogP contribution in [-0.2, 0) is 9.59 Å². The highest BCUT2D eigenvalue weighted by atomic mass is 16.2. The Morgan fingerprint density at radius 2 is 1.77 bits per heavy atom. The van der Waals surface area contributed by atoms with E-state index in [9.17, 15) is 9.59 Å². The summed E-state index contributed by atoms with van der Waals surface area (Å²) in [6.45, 7) is 4.33. The maximum absolute atomic E-state index is 11.2. The lowest BCUT2D eigenvalue weighted by Gasteiger charge is -2.21. The number of hydrogen-bond acceptors (Lipinski definition) is 3. The number of carbonyl (C=O) groups is 2. The van der Waals surface area contributed by atoms with E-state index >= 15 is 0 Å². The number of carbonyl (C=O) groups excluding carboxylic acids is 2. The minimum atomic E-state index is -0.106. The number of amides is 2. The Morgan fingerprint density at radius 1 is 1.31 bits per heavy atom. The molecule has 0 aromatic carbocycles. The summed E-state index contributed by atoms with van der Waals surface area (Å²) in [6.07, 6.45) is 0.702. The van der Waals surface area contributed by atoms with Crippen LogP contribution in [0.3, 0.4) is 0 Å². The number of nitrogens with zero attached hydrogens (tertiary/aromatic N) is 1. The molecular weight excluding hydrogens is 168 g/mol. The fourth-order valence-corrected chi connectivity index (χ4v) is 1.25. The Bertz CT molecular complexity index is 210. The molecule has 13 heavy (non-hydrogen) atoms. The lowest BCUT2D eigenvalue weighted by atomic mass is 10.1. The van der Waals surface area contributed by atoms with Crippen molar-refractivity contribution >= 4 is 11.8 Å². The van der Waals surface area contributed by atoms with Crippen molar-refractivity contribution < 1.29 is 9.59 Å². The standard InChI is InChI=1S/C9H16N2O2/c1-6(2)7(10)5-11-8(12)3-4-9(11)13/h6-7H,3-5,10H2,1-2H3/t7-/m1/s1. The number of rotatable bonds is 3. The molecule has 1 heterocycles. The molecule has 1 fully saturated rings. The van der Waals surface area contributed by atoms with Crippen molar-refractivity contribution in [2.45, 2.75) is 32.7 Å². The minimum absolute atomic E-state index is 0.0823. The highest BCUT2D eigenvalue weighted by Gasteiger charge is 2.30. The average molecular weight is 184 g/mol. The zero-order valence-corrected chi connectivity index (χ0v) is 8.12. The Hall–Kier alpha value is -0.900. The van der Waals surface area contributed by atoms with Crippen molar-refractivity contribution in [3.63, 3.8) is 0 Å². The highest BCUT2D eigenvalue weighted by molar-refractivity contribution is 6.01. The quantitative estimate of drug-likeness (QED) is 0.633. The number of hydrogen-bond donors (Lipinski definition) is 1. The van der Waals surface area contributed by atoms with E-state index < -0.39 is 0 Å². The van der Waals surface area contributed by atoms with Crippen molar-refractivity contribution in [3.05, 3.63) is 0 Å². The molecule has 0 spiro atoms. The molecule has 1 atom stereocenters. The van der Waals surface area contributed by atoms with Gasteiger partial charge in [0.05, 0.1) is 0 Å². The van der Waals surface area contributed by atoms with Crippen LogP contribution < -0.4 is 5.73 Å². The first kappa shape index (κ1) is 10.2. The molecule has 4 nitrogen and oxygen atoms in total. The van der Waals surface area contributed by atoms with Gasteiger partial charge in [0.15, 0.2) is 0 Å². The van der Waals surface area contributed by atoms with Crippen molar-refractivity contribution in [1.29, 1.82) is 0 Å². The maximum atomic E-state index is 11.2. The highest BCUT2D eigenvalue weighted by Crippen LogP contribution is 2.13. The molecule has 2 N–H and O–H groups in total. The molecule has 1 rings (SSSR count). The molecule has 0 aromatic rings. The summed E-state index contributed by atoms with van der Waals surface area (Å²) in [7, 11) is 0. The zero-order chi connectivity index (χ0) is 10.0. The van der Waals surface area contributed by atoms with E-state index in [0.29, 0.717) is 25.3 Å². The molecule has 2 amide bonds. The van der Waals surface area contributed by atoms with Gasteiger partial charge in [-0.15, -0.1) is 0 Å². The van der Waals surface area contributed by atoms with E-state index in [0.717, 1.165) is 0 Å². The third-order valence-electron chi connectivity index (χ3n) is 2.40. The predicted molar refractivity (Wildman–Crippen MR) is 48.8 cm³/mol. The molecule has 0 radical (unpaired) electrons. The number of likely N-dealkylation sites (tertiary alicyclic amines) is 1. The van der Waals surface area contributed by atoms with Gasteiger partial charge in [0.1, 0.15) is 0 Å². The molecule has 74 valence electrons. The van der Waals surface area contributed by atoms with Gasteiger partial charge < -0.3 is 5.73 Å². The second-order valence-electron chi connectivity index (χ2n) is 3.81. The van der Waals surface area contributed by atoms with Gasteiger partial charge in [0.2, 0.25) is 11.8 Å². The van der Waals surface area contributed by atoms with Gasteiger partial charge in [-0.3, -0.25) is 14.5 Å². The summed E-state index contributed by atoms with van der Waals surface area (Å²) in [5.41, 5.74) is 5.77. The molecule has 0 aromatic heterocycles. The Kier molecular flexibility index (Phi) is 3.03. The molecule has 0 unspecified atom stereocenters. The Labute approximate surface area is 78.1 Å². The molecule has 0 bridgehead atoms. The van der Waals surface area contributed by atoms with E-state index in [1.165, 1.54) is 4.90 Å². The molecule has 0 saturated carbocycles. The molecule has 1 saturated heterocycles. The smallest absolute Gasteiger partial charge is 0.229 e. The van der Waals surface area contributed by atoms with Crippen LogP contribution in [0.25, 0.3) is 0 Å². The monoisotopic (exact) mass is 184 g/mol. The summed E-state index contributed by atoms with van der Waals surface area (Å²) < 4.78 is 0. The first-order valence-electron chi connectivity index (χ1n) is 4.61. The van der Waals surface area contributed by atoms with Crippen LogP contribution in [-0.4, -0.2) is 29.3 Å². The summed E-state index contributed by atoms with van der Waals surface area (Å²) in [4.78, 5) is 23.7. The van der Waals surface area contributed by atoms with E-state index in [1.54, 1.807) is 0 Å². The van der Waals surface area contributed by atoms with Gasteiger partial charge in [-0.1, -0.05) is 13.8 Å². The van der Waals surface area contributed by atoms with Crippen LogP contribution >= 0.6 is 0 Å². The first-order valence-corrected chi connectivity index (χ1v) is 4.61. The summed E-state index contributed by atoms with van der Waals surface area (Å²) in [6, 6.07) is -0.106. The SMILES string of the molecule is CC(C)[C@H](N)CN1C(=O)CCC1=O. The third kappa shape index (κ3) is 2.28. The lowest BCUT2D eigenvalue weighted by Crippen LogP contribution is -2.43. The summed E-state index contributed by atoms with van der Waals surface area (Å²) in [5, 5.41) is 0. The lowest BCUT2D eigenvalue weighted by molar-refractivity contribution is -0.138. The minimum Gasteiger partial charge on any atom is -0.326 e. The first-order chi connectivity index (χ1) is 6.02. The van der Waals surface area contributed by atoms with Gasteiger partial charge in [-0.05, 0) is 5.92 Å². The predicted octanol–water partition coefficient (Wildman–Crippen LogP) is 0.119. The fourth-order valence-electron chi connectivity index (χ4n) is 1.25. The van der Waals surface area contributed by atoms with Gasteiger partial charge in [-0.2, -0.15) is 0 Å².